The van der Waals surface area contributed by atoms with Crippen LogP contribution in [0.5, 0.6) is 0 Å². The molecule has 0 atom stereocenters. The third-order valence-corrected chi connectivity index (χ3v) is 11.5. The third-order valence-electron chi connectivity index (χ3n) is 11.5. The Morgan fingerprint density at radius 2 is 0.820 bits per heavy atom. The van der Waals surface area contributed by atoms with E-state index in [-0.39, 0.29) is 0 Å². The molecule has 0 spiro atoms. The SMILES string of the molecule is c1ccc(-c2ccc(N(c3ccccc3)c3ccc(-c4nc5ccccc5c5c4ccc4cccc(-c6nc(-c7ccccc7)cc(-c7ccccc7)n6)c45)cc3)cc2)cc1. The predicted molar refractivity (Wildman–Crippen MR) is 254 cm³/mol. The van der Waals surface area contributed by atoms with Crippen LogP contribution in [0.1, 0.15) is 0 Å². The molecular formula is C57H38N4. The van der Waals surface area contributed by atoms with E-state index in [1.807, 2.05) is 12.1 Å². The summed E-state index contributed by atoms with van der Waals surface area (Å²) < 4.78 is 0. The zero-order valence-electron chi connectivity index (χ0n) is 33.2. The largest absolute Gasteiger partial charge is 0.311 e. The molecule has 2 heterocycles. The molecule has 0 amide bonds. The number of nitrogens with zero attached hydrogens (tertiary/aromatic N) is 4. The summed E-state index contributed by atoms with van der Waals surface area (Å²) in [4.78, 5) is 18.2. The number of pyridine rings is 1. The molecule has 0 aliphatic heterocycles. The van der Waals surface area contributed by atoms with Crippen molar-refractivity contribution in [1.29, 1.82) is 0 Å². The van der Waals surface area contributed by atoms with Gasteiger partial charge in [-0.2, -0.15) is 0 Å². The highest BCUT2D eigenvalue weighted by atomic mass is 15.1. The number of hydrogen-bond acceptors (Lipinski definition) is 4. The Hall–Kier alpha value is -8.21. The van der Waals surface area contributed by atoms with Crippen molar-refractivity contribution in [3.05, 3.63) is 231 Å². The molecule has 2 aromatic heterocycles. The van der Waals surface area contributed by atoms with Crippen LogP contribution in [0.25, 0.3) is 88.7 Å². The molecule has 61 heavy (non-hydrogen) atoms. The lowest BCUT2D eigenvalue weighted by Crippen LogP contribution is -2.09. The molecule has 0 aliphatic carbocycles. The topological polar surface area (TPSA) is 41.9 Å². The smallest absolute Gasteiger partial charge is 0.161 e. The number of para-hydroxylation sites is 2. The zero-order chi connectivity index (χ0) is 40.5. The fourth-order valence-corrected chi connectivity index (χ4v) is 8.53. The maximum atomic E-state index is 5.37. The monoisotopic (exact) mass is 778 g/mol. The minimum atomic E-state index is 0.683. The lowest BCUT2D eigenvalue weighted by Gasteiger charge is -2.26. The van der Waals surface area contributed by atoms with Gasteiger partial charge in [0.1, 0.15) is 0 Å². The summed E-state index contributed by atoms with van der Waals surface area (Å²) in [6.07, 6.45) is 0. The maximum Gasteiger partial charge on any atom is 0.161 e. The first-order valence-corrected chi connectivity index (χ1v) is 20.6. The van der Waals surface area contributed by atoms with Crippen LogP contribution >= 0.6 is 0 Å². The standard InChI is InChI=1S/C57H38N4/c1-5-16-39(17-6-1)40-28-33-46(34-29-40)61(45-23-11-4-12-24-45)47-35-30-44(31-36-47)56-49-37-32-43-22-15-26-50(54(43)55(49)48-25-13-14-27-51(48)58-56)57-59-52(41-18-7-2-8-19-41)38-53(60-57)42-20-9-3-10-21-42/h1-38H. The van der Waals surface area contributed by atoms with Crippen molar-refractivity contribution in [2.24, 2.45) is 0 Å². The van der Waals surface area contributed by atoms with Crippen LogP contribution in [-0.2, 0) is 0 Å². The van der Waals surface area contributed by atoms with Crippen molar-refractivity contribution in [2.45, 2.75) is 0 Å². The van der Waals surface area contributed by atoms with Gasteiger partial charge in [0.25, 0.3) is 0 Å². The van der Waals surface area contributed by atoms with Crippen molar-refractivity contribution < 1.29 is 0 Å². The highest BCUT2D eigenvalue weighted by Gasteiger charge is 2.20. The van der Waals surface area contributed by atoms with E-state index in [0.717, 1.165) is 88.8 Å². The van der Waals surface area contributed by atoms with Gasteiger partial charge in [-0.25, -0.2) is 15.0 Å². The molecule has 0 unspecified atom stereocenters. The second-order valence-corrected chi connectivity index (χ2v) is 15.2. The normalized spacial score (nSPS) is 11.3. The van der Waals surface area contributed by atoms with Gasteiger partial charge in [0.05, 0.1) is 22.6 Å². The first-order chi connectivity index (χ1) is 30.2. The van der Waals surface area contributed by atoms with Gasteiger partial charge in [-0.1, -0.05) is 182 Å². The zero-order valence-corrected chi connectivity index (χ0v) is 33.2. The molecule has 11 rings (SSSR count). The molecule has 0 N–H and O–H groups in total. The number of rotatable bonds is 8. The Bertz CT molecular complexity index is 3260. The van der Waals surface area contributed by atoms with Crippen LogP contribution in [0.15, 0.2) is 231 Å². The summed E-state index contributed by atoms with van der Waals surface area (Å²) in [6, 6.07) is 80.9. The lowest BCUT2D eigenvalue weighted by atomic mass is 9.92. The fraction of sp³-hybridized carbons (Fsp3) is 0. The molecule has 9 aromatic carbocycles. The molecule has 0 saturated heterocycles. The number of fused-ring (bicyclic) bond motifs is 5. The van der Waals surface area contributed by atoms with Crippen molar-refractivity contribution in [3.8, 4) is 56.3 Å². The van der Waals surface area contributed by atoms with Gasteiger partial charge in [-0.3, -0.25) is 0 Å². The van der Waals surface area contributed by atoms with Gasteiger partial charge in [0.15, 0.2) is 5.82 Å². The van der Waals surface area contributed by atoms with Gasteiger partial charge < -0.3 is 4.90 Å². The summed E-state index contributed by atoms with van der Waals surface area (Å²) in [6.45, 7) is 0. The van der Waals surface area contributed by atoms with E-state index in [0.29, 0.717) is 5.82 Å². The van der Waals surface area contributed by atoms with E-state index in [1.54, 1.807) is 0 Å². The van der Waals surface area contributed by atoms with Crippen LogP contribution in [0.4, 0.5) is 17.1 Å². The molecule has 0 aliphatic rings. The first-order valence-electron chi connectivity index (χ1n) is 20.6. The Morgan fingerprint density at radius 3 is 1.44 bits per heavy atom. The molecular weight excluding hydrogens is 741 g/mol. The number of anilines is 3. The highest BCUT2D eigenvalue weighted by Crippen LogP contribution is 2.42. The minimum Gasteiger partial charge on any atom is -0.311 e. The fourth-order valence-electron chi connectivity index (χ4n) is 8.53. The number of benzene rings is 9. The molecule has 0 saturated carbocycles. The van der Waals surface area contributed by atoms with Crippen molar-refractivity contribution in [1.82, 2.24) is 15.0 Å². The average Bonchev–Trinajstić information content (AvgIpc) is 3.35. The number of aromatic nitrogens is 3. The second kappa shape index (κ2) is 15.5. The minimum absolute atomic E-state index is 0.683. The maximum absolute atomic E-state index is 5.37. The van der Waals surface area contributed by atoms with Crippen molar-refractivity contribution in [2.75, 3.05) is 4.90 Å². The summed E-state index contributed by atoms with van der Waals surface area (Å²) >= 11 is 0. The average molecular weight is 779 g/mol. The quantitative estimate of drug-likeness (QED) is 0.144. The third kappa shape index (κ3) is 6.76. The highest BCUT2D eigenvalue weighted by molar-refractivity contribution is 6.25. The number of hydrogen-bond donors (Lipinski definition) is 0. The molecule has 286 valence electrons. The van der Waals surface area contributed by atoms with Gasteiger partial charge in [-0.05, 0) is 65.0 Å². The van der Waals surface area contributed by atoms with Gasteiger partial charge in [0, 0.05) is 60.9 Å². The van der Waals surface area contributed by atoms with Crippen molar-refractivity contribution in [3.63, 3.8) is 0 Å². The van der Waals surface area contributed by atoms with E-state index < -0.39 is 0 Å². The molecule has 4 heteroatoms. The Kier molecular flexibility index (Phi) is 9.14. The summed E-state index contributed by atoms with van der Waals surface area (Å²) in [5.41, 5.74) is 13.4. The van der Waals surface area contributed by atoms with Gasteiger partial charge >= 0.3 is 0 Å². The van der Waals surface area contributed by atoms with Crippen LogP contribution in [0, 0.1) is 0 Å². The molecule has 11 aromatic rings. The predicted octanol–water partition coefficient (Wildman–Crippen LogP) is 15.1. The van der Waals surface area contributed by atoms with Gasteiger partial charge in [-0.15, -0.1) is 0 Å². The molecule has 0 radical (unpaired) electrons. The van der Waals surface area contributed by atoms with Crippen LogP contribution in [-0.4, -0.2) is 15.0 Å². The summed E-state index contributed by atoms with van der Waals surface area (Å²) in [5.74, 6) is 0.683. The molecule has 0 bridgehead atoms. The first kappa shape index (κ1) is 35.9. The molecule has 0 fully saturated rings. The Balaban J connectivity index is 1.07. The Labute approximate surface area is 354 Å². The van der Waals surface area contributed by atoms with Gasteiger partial charge in [0.2, 0.25) is 0 Å². The van der Waals surface area contributed by atoms with E-state index in [1.165, 1.54) is 11.1 Å². The summed E-state index contributed by atoms with van der Waals surface area (Å²) in [5, 5.41) is 5.53. The van der Waals surface area contributed by atoms with E-state index in [2.05, 4.69) is 223 Å². The second-order valence-electron chi connectivity index (χ2n) is 15.2. The summed E-state index contributed by atoms with van der Waals surface area (Å²) in [7, 11) is 0. The van der Waals surface area contributed by atoms with E-state index in [4.69, 9.17) is 15.0 Å². The van der Waals surface area contributed by atoms with Crippen LogP contribution < -0.4 is 4.90 Å². The van der Waals surface area contributed by atoms with E-state index >= 15 is 0 Å². The van der Waals surface area contributed by atoms with Crippen LogP contribution in [0.2, 0.25) is 0 Å². The molecule has 4 nitrogen and oxygen atoms in total. The lowest BCUT2D eigenvalue weighted by molar-refractivity contribution is 1.19. The van der Waals surface area contributed by atoms with E-state index in [9.17, 15) is 0 Å². The van der Waals surface area contributed by atoms with Crippen LogP contribution in [0.3, 0.4) is 0 Å². The Morgan fingerprint density at radius 1 is 0.311 bits per heavy atom. The van der Waals surface area contributed by atoms with Crippen molar-refractivity contribution >= 4 is 49.5 Å².